The third kappa shape index (κ3) is 5.00. The van der Waals surface area contributed by atoms with E-state index in [0.29, 0.717) is 18.8 Å². The Morgan fingerprint density at radius 1 is 1.34 bits per heavy atom. The Kier molecular flexibility index (Phi) is 6.62. The van der Waals surface area contributed by atoms with E-state index in [1.807, 2.05) is 50.0 Å². The molecule has 0 amide bonds. The zero-order valence-corrected chi connectivity index (χ0v) is 17.6. The molecule has 0 aromatic carbocycles. The van der Waals surface area contributed by atoms with E-state index in [9.17, 15) is 4.39 Å². The summed E-state index contributed by atoms with van der Waals surface area (Å²) >= 11 is 0. The Balaban J connectivity index is 1.80. The molecule has 0 spiro atoms. The van der Waals surface area contributed by atoms with Crippen LogP contribution < -0.4 is 10.8 Å². The molecule has 0 radical (unpaired) electrons. The van der Waals surface area contributed by atoms with E-state index < -0.39 is 5.67 Å². The number of pyridine rings is 1. The van der Waals surface area contributed by atoms with Gasteiger partial charge < -0.3 is 9.88 Å². The fraction of sp³-hybridized carbons (Fsp3) is 0.435. The third-order valence-corrected chi connectivity index (χ3v) is 5.51. The minimum Gasteiger partial charge on any atom is -0.351 e. The summed E-state index contributed by atoms with van der Waals surface area (Å²) in [6, 6.07) is 3.98. The van der Waals surface area contributed by atoms with Crippen LogP contribution in [0, 0.1) is 6.92 Å². The molecule has 2 heterocycles. The lowest BCUT2D eigenvalue weighted by atomic mass is 9.86. The van der Waals surface area contributed by atoms with Crippen LogP contribution in [0.1, 0.15) is 55.8 Å². The highest BCUT2D eigenvalue weighted by Crippen LogP contribution is 2.32. The highest BCUT2D eigenvalue weighted by molar-refractivity contribution is 5.80. The first kappa shape index (κ1) is 21.0. The van der Waals surface area contributed by atoms with Gasteiger partial charge >= 0.3 is 0 Å². The normalized spacial score (nSPS) is 17.2. The van der Waals surface area contributed by atoms with Crippen molar-refractivity contribution in [2.24, 2.45) is 12.0 Å². The Bertz CT molecular complexity index is 967. The van der Waals surface area contributed by atoms with Crippen molar-refractivity contribution >= 4 is 11.5 Å². The van der Waals surface area contributed by atoms with Gasteiger partial charge in [-0.15, -0.1) is 0 Å². The summed E-state index contributed by atoms with van der Waals surface area (Å²) < 4.78 is 16.8. The minimum atomic E-state index is -1.14. The van der Waals surface area contributed by atoms with Gasteiger partial charge in [0, 0.05) is 31.2 Å². The molecule has 1 saturated carbocycles. The molecule has 3 rings (SSSR count). The molecule has 1 N–H and O–H groups in total. The maximum Gasteiger partial charge on any atom is 0.222 e. The molecule has 1 fully saturated rings. The Labute approximate surface area is 172 Å². The van der Waals surface area contributed by atoms with Crippen molar-refractivity contribution in [3.05, 3.63) is 65.7 Å². The van der Waals surface area contributed by atoms with E-state index in [-0.39, 0.29) is 6.54 Å². The number of nitrogens with zero attached hydrogens (tertiary/aromatic N) is 4. The lowest BCUT2D eigenvalue weighted by molar-refractivity contribution is 0.122. The van der Waals surface area contributed by atoms with Crippen molar-refractivity contribution in [3.63, 3.8) is 0 Å². The van der Waals surface area contributed by atoms with Crippen LogP contribution >= 0.6 is 0 Å². The zero-order valence-electron chi connectivity index (χ0n) is 17.6. The number of anilines is 1. The number of aromatic nitrogens is 3. The highest BCUT2D eigenvalue weighted by Gasteiger charge is 2.31. The molecule has 2 aromatic heterocycles. The highest BCUT2D eigenvalue weighted by atomic mass is 19.1. The molecular formula is C23H30FN5. The Morgan fingerprint density at radius 3 is 2.72 bits per heavy atom. The van der Waals surface area contributed by atoms with Crippen LogP contribution in [0.4, 0.5) is 10.3 Å². The van der Waals surface area contributed by atoms with Crippen molar-refractivity contribution < 1.29 is 4.39 Å². The maximum absolute atomic E-state index is 14.8. The first-order valence-corrected chi connectivity index (χ1v) is 10.2. The van der Waals surface area contributed by atoms with Crippen LogP contribution in [0.3, 0.4) is 0 Å². The quantitative estimate of drug-likeness (QED) is 0.771. The number of hydrogen-bond donors (Lipinski definition) is 1. The average Bonchev–Trinajstić information content (AvgIpc) is 2.71. The van der Waals surface area contributed by atoms with Crippen LogP contribution in [-0.4, -0.2) is 26.7 Å². The van der Waals surface area contributed by atoms with Crippen molar-refractivity contribution in [3.8, 4) is 0 Å². The van der Waals surface area contributed by atoms with Crippen molar-refractivity contribution in [2.75, 3.05) is 11.9 Å². The minimum absolute atomic E-state index is 0.270. The monoisotopic (exact) mass is 395 g/mol. The van der Waals surface area contributed by atoms with Gasteiger partial charge in [-0.1, -0.05) is 31.9 Å². The van der Waals surface area contributed by atoms with Crippen LogP contribution in [0.25, 0.3) is 5.57 Å². The Hall–Kier alpha value is -2.76. The van der Waals surface area contributed by atoms with Crippen LogP contribution in [-0.2, 0) is 7.05 Å². The Morgan fingerprint density at radius 2 is 2.10 bits per heavy atom. The number of halogens is 1. The van der Waals surface area contributed by atoms with E-state index in [1.54, 1.807) is 0 Å². The molecule has 29 heavy (non-hydrogen) atoms. The van der Waals surface area contributed by atoms with Gasteiger partial charge in [-0.05, 0) is 50.0 Å². The smallest absolute Gasteiger partial charge is 0.222 e. The van der Waals surface area contributed by atoms with Crippen LogP contribution in [0.2, 0.25) is 0 Å². The van der Waals surface area contributed by atoms with Gasteiger partial charge in [0.1, 0.15) is 11.2 Å². The molecule has 0 aliphatic heterocycles. The van der Waals surface area contributed by atoms with E-state index >= 15 is 0 Å². The fourth-order valence-corrected chi connectivity index (χ4v) is 3.88. The SMILES string of the molecule is C=C/N=c1/ccc(/C(=C/C)c2cnc(NCC3(F)CCCCC3)nc2C)cn1C. The molecular weight excluding hydrogens is 365 g/mol. The molecule has 154 valence electrons. The third-order valence-electron chi connectivity index (χ3n) is 5.51. The van der Waals surface area contributed by atoms with Crippen molar-refractivity contribution in [2.45, 2.75) is 51.6 Å². The second-order valence-corrected chi connectivity index (χ2v) is 7.66. The zero-order chi connectivity index (χ0) is 20.9. The second-order valence-electron chi connectivity index (χ2n) is 7.66. The topological polar surface area (TPSA) is 55.1 Å². The summed E-state index contributed by atoms with van der Waals surface area (Å²) in [6.07, 6.45) is 11.7. The molecule has 5 nitrogen and oxygen atoms in total. The summed E-state index contributed by atoms with van der Waals surface area (Å²) in [4.78, 5) is 13.3. The number of allylic oxidation sites excluding steroid dienone is 1. The van der Waals surface area contributed by atoms with Crippen molar-refractivity contribution in [1.29, 1.82) is 0 Å². The predicted octanol–water partition coefficient (Wildman–Crippen LogP) is 4.70. The van der Waals surface area contributed by atoms with E-state index in [1.165, 1.54) is 6.20 Å². The molecule has 1 aliphatic rings. The van der Waals surface area contributed by atoms with Gasteiger partial charge in [0.15, 0.2) is 0 Å². The number of nitrogens with one attached hydrogen (secondary N) is 1. The van der Waals surface area contributed by atoms with Gasteiger partial charge in [0.25, 0.3) is 0 Å². The summed E-state index contributed by atoms with van der Waals surface area (Å²) in [5, 5.41) is 3.11. The summed E-state index contributed by atoms with van der Waals surface area (Å²) in [5.74, 6) is 0.481. The van der Waals surface area contributed by atoms with Crippen molar-refractivity contribution in [1.82, 2.24) is 14.5 Å². The predicted molar refractivity (Wildman–Crippen MR) is 116 cm³/mol. The van der Waals surface area contributed by atoms with E-state index in [0.717, 1.165) is 47.1 Å². The standard InChI is InChI=1S/C23H30FN5/c1-5-19(18-10-11-21(25-6-2)29(4)15-18)20-14-26-22(28-17(20)3)27-16-23(24)12-8-7-9-13-23/h5-6,10-11,14-15H,2,7-9,12-13,16H2,1,3-4H3,(H,26,27,28)/b19-5-,25-21-. The van der Waals surface area contributed by atoms with Gasteiger partial charge in [-0.25, -0.2) is 19.4 Å². The largest absolute Gasteiger partial charge is 0.351 e. The first-order valence-electron chi connectivity index (χ1n) is 10.2. The molecule has 1 aliphatic carbocycles. The summed E-state index contributed by atoms with van der Waals surface area (Å²) in [7, 11) is 1.95. The number of alkyl halides is 1. The lowest BCUT2D eigenvalue weighted by Gasteiger charge is -2.29. The summed E-state index contributed by atoms with van der Waals surface area (Å²) in [5.41, 5.74) is 3.60. The molecule has 0 bridgehead atoms. The molecule has 0 unspecified atom stereocenters. The second kappa shape index (κ2) is 9.16. The van der Waals surface area contributed by atoms with Gasteiger partial charge in [-0.2, -0.15) is 0 Å². The number of aryl methyl sites for hydroxylation is 2. The average molecular weight is 396 g/mol. The van der Waals surface area contributed by atoms with Crippen LogP contribution in [0.15, 0.2) is 48.4 Å². The summed E-state index contributed by atoms with van der Waals surface area (Å²) in [6.45, 7) is 7.88. The van der Waals surface area contributed by atoms with Gasteiger partial charge in [0.2, 0.25) is 5.95 Å². The maximum atomic E-state index is 14.8. The van der Waals surface area contributed by atoms with Gasteiger partial charge in [-0.3, -0.25) is 0 Å². The number of rotatable bonds is 6. The molecule has 6 heteroatoms. The van der Waals surface area contributed by atoms with E-state index in [2.05, 4.69) is 32.9 Å². The first-order chi connectivity index (χ1) is 14.0. The van der Waals surface area contributed by atoms with Crippen LogP contribution in [0.5, 0.6) is 0 Å². The molecule has 0 saturated heterocycles. The molecule has 2 aromatic rings. The fourth-order valence-electron chi connectivity index (χ4n) is 3.88. The molecule has 0 atom stereocenters. The lowest BCUT2D eigenvalue weighted by Crippen LogP contribution is -2.34. The van der Waals surface area contributed by atoms with E-state index in [4.69, 9.17) is 0 Å². The number of hydrogen-bond acceptors (Lipinski definition) is 4. The van der Waals surface area contributed by atoms with Gasteiger partial charge in [0.05, 0.1) is 12.2 Å².